The van der Waals surface area contributed by atoms with E-state index in [1.165, 1.54) is 18.4 Å². The van der Waals surface area contributed by atoms with Gasteiger partial charge in [0.1, 0.15) is 0 Å². The lowest BCUT2D eigenvalue weighted by molar-refractivity contribution is 0.584. The Morgan fingerprint density at radius 3 is 2.59 bits per heavy atom. The average molecular weight is 276 g/mol. The summed E-state index contributed by atoms with van der Waals surface area (Å²) in [5, 5.41) is 0. The molecule has 1 unspecified atom stereocenters. The Hall–Kier alpha value is -0.920. The van der Waals surface area contributed by atoms with Gasteiger partial charge < -0.3 is 5.73 Å². The van der Waals surface area contributed by atoms with Crippen molar-refractivity contribution >= 4 is 26.5 Å². The van der Waals surface area contributed by atoms with Gasteiger partial charge in [-0.2, -0.15) is 0 Å². The highest BCUT2D eigenvalue weighted by atomic mass is 32.2. The van der Waals surface area contributed by atoms with E-state index in [0.717, 1.165) is 5.56 Å². The Balaban J connectivity index is 2.82. The highest BCUT2D eigenvalue weighted by Gasteiger charge is 2.14. The molecule has 96 valence electrons. The minimum absolute atomic E-state index is 0.127. The zero-order valence-corrected chi connectivity index (χ0v) is 11.4. The summed E-state index contributed by atoms with van der Waals surface area (Å²) in [7, 11) is -4.58. The molecule has 1 aromatic rings. The predicted octanol–water partition coefficient (Wildman–Crippen LogP) is 0.234. The van der Waals surface area contributed by atoms with Crippen LogP contribution in [0.1, 0.15) is 5.56 Å². The number of aryl methyl sites for hydroxylation is 1. The second-order valence-electron chi connectivity index (χ2n) is 3.69. The first-order valence-electron chi connectivity index (χ1n) is 4.99. The topological polar surface area (TPSA) is 89.3 Å². The van der Waals surface area contributed by atoms with Crippen molar-refractivity contribution in [3.8, 4) is 0 Å². The van der Waals surface area contributed by atoms with E-state index in [1.807, 2.05) is 0 Å². The van der Waals surface area contributed by atoms with Gasteiger partial charge in [-0.15, -0.1) is 0 Å². The molecule has 1 rings (SSSR count). The smallest absolute Gasteiger partial charge is 0.240 e. The third-order valence-electron chi connectivity index (χ3n) is 2.24. The molecule has 0 aliphatic carbocycles. The van der Waals surface area contributed by atoms with Crippen LogP contribution in [-0.2, 0) is 20.8 Å². The fraction of sp³-hybridized carbons (Fsp3) is 0.400. The predicted molar refractivity (Wildman–Crippen MR) is 69.7 cm³/mol. The first kappa shape index (κ1) is 14.1. The van der Waals surface area contributed by atoms with Crippen LogP contribution in [0, 0.1) is 6.92 Å². The molecule has 0 radical (unpaired) electrons. The Morgan fingerprint density at radius 2 is 2.06 bits per heavy atom. The number of rotatable bonds is 5. The van der Waals surface area contributed by atoms with E-state index < -0.39 is 20.8 Å². The fourth-order valence-corrected chi connectivity index (χ4v) is 2.77. The van der Waals surface area contributed by atoms with E-state index in [-0.39, 0.29) is 11.4 Å². The summed E-state index contributed by atoms with van der Waals surface area (Å²) in [6, 6.07) is 4.57. The minimum Gasteiger partial charge on any atom is -0.398 e. The Labute approximate surface area is 104 Å². The molecule has 0 saturated heterocycles. The number of hydrogen-bond acceptors (Lipinski definition) is 4. The van der Waals surface area contributed by atoms with Gasteiger partial charge in [0.15, 0.2) is 0 Å². The van der Waals surface area contributed by atoms with Gasteiger partial charge in [0.25, 0.3) is 0 Å². The Bertz CT molecular complexity index is 526. The summed E-state index contributed by atoms with van der Waals surface area (Å²) in [4.78, 5) is 0.127. The van der Waals surface area contributed by atoms with Gasteiger partial charge in [-0.1, -0.05) is 6.07 Å². The molecule has 0 aromatic heterocycles. The summed E-state index contributed by atoms with van der Waals surface area (Å²) in [6.07, 6.45) is 1.53. The van der Waals surface area contributed by atoms with Gasteiger partial charge in [-0.3, -0.25) is 4.21 Å². The van der Waals surface area contributed by atoms with E-state index in [9.17, 15) is 12.6 Å². The second kappa shape index (κ2) is 5.61. The van der Waals surface area contributed by atoms with Crippen LogP contribution in [0.25, 0.3) is 0 Å². The van der Waals surface area contributed by atoms with Gasteiger partial charge in [0, 0.05) is 35.0 Å². The van der Waals surface area contributed by atoms with E-state index in [2.05, 4.69) is 4.72 Å². The monoisotopic (exact) mass is 276 g/mol. The molecule has 0 amide bonds. The van der Waals surface area contributed by atoms with Crippen molar-refractivity contribution in [3.05, 3.63) is 23.8 Å². The van der Waals surface area contributed by atoms with Crippen molar-refractivity contribution in [2.24, 2.45) is 0 Å². The lowest BCUT2D eigenvalue weighted by Crippen LogP contribution is -2.27. The molecular weight excluding hydrogens is 260 g/mol. The molecule has 17 heavy (non-hydrogen) atoms. The molecule has 0 aliphatic heterocycles. The molecule has 0 aliphatic rings. The first-order valence-corrected chi connectivity index (χ1v) is 8.20. The minimum atomic E-state index is -3.56. The van der Waals surface area contributed by atoms with E-state index >= 15 is 0 Å². The highest BCUT2D eigenvalue weighted by molar-refractivity contribution is 7.89. The van der Waals surface area contributed by atoms with Crippen molar-refractivity contribution in [2.75, 3.05) is 24.3 Å². The molecule has 7 heteroatoms. The van der Waals surface area contributed by atoms with Gasteiger partial charge in [-0.05, 0) is 24.6 Å². The van der Waals surface area contributed by atoms with Gasteiger partial charge in [0.05, 0.1) is 4.90 Å². The third kappa shape index (κ3) is 4.10. The SMILES string of the molecule is Cc1ccc(S(=O)(=O)NCCS(C)=O)cc1N. The van der Waals surface area contributed by atoms with Crippen LogP contribution in [0.4, 0.5) is 5.69 Å². The second-order valence-corrected chi connectivity index (χ2v) is 7.02. The fourth-order valence-electron chi connectivity index (χ4n) is 1.19. The highest BCUT2D eigenvalue weighted by Crippen LogP contribution is 2.16. The number of hydrogen-bond donors (Lipinski definition) is 2. The van der Waals surface area contributed by atoms with E-state index in [4.69, 9.17) is 5.73 Å². The number of nitrogens with two attached hydrogens (primary N) is 1. The van der Waals surface area contributed by atoms with Gasteiger partial charge >= 0.3 is 0 Å². The third-order valence-corrected chi connectivity index (χ3v) is 4.48. The largest absolute Gasteiger partial charge is 0.398 e. The average Bonchev–Trinajstić information content (AvgIpc) is 2.21. The maximum absolute atomic E-state index is 11.8. The lowest BCUT2D eigenvalue weighted by Gasteiger charge is -2.07. The molecule has 0 spiro atoms. The number of nitrogens with one attached hydrogen (secondary N) is 1. The van der Waals surface area contributed by atoms with Crippen LogP contribution in [0.5, 0.6) is 0 Å². The van der Waals surface area contributed by atoms with Crippen LogP contribution in [-0.4, -0.2) is 31.2 Å². The van der Waals surface area contributed by atoms with Crippen molar-refractivity contribution in [2.45, 2.75) is 11.8 Å². The number of sulfonamides is 1. The van der Waals surface area contributed by atoms with E-state index in [1.54, 1.807) is 13.0 Å². The van der Waals surface area contributed by atoms with Crippen LogP contribution in [0.15, 0.2) is 23.1 Å². The van der Waals surface area contributed by atoms with Gasteiger partial charge in [-0.25, -0.2) is 13.1 Å². The van der Waals surface area contributed by atoms with Crippen LogP contribution >= 0.6 is 0 Å². The summed E-state index contributed by atoms with van der Waals surface area (Å²) in [5.74, 6) is 0.292. The lowest BCUT2D eigenvalue weighted by atomic mass is 10.2. The molecule has 0 saturated carbocycles. The summed E-state index contributed by atoms with van der Waals surface area (Å²) in [6.45, 7) is 1.96. The zero-order valence-electron chi connectivity index (χ0n) is 9.76. The van der Waals surface area contributed by atoms with E-state index in [0.29, 0.717) is 11.4 Å². The van der Waals surface area contributed by atoms with Crippen LogP contribution in [0.3, 0.4) is 0 Å². The Kier molecular flexibility index (Phi) is 4.67. The Morgan fingerprint density at radius 1 is 1.41 bits per heavy atom. The van der Waals surface area contributed by atoms with Crippen molar-refractivity contribution in [1.82, 2.24) is 4.72 Å². The molecule has 1 atom stereocenters. The maximum Gasteiger partial charge on any atom is 0.240 e. The molecule has 0 heterocycles. The quantitative estimate of drug-likeness (QED) is 0.754. The van der Waals surface area contributed by atoms with Crippen molar-refractivity contribution in [1.29, 1.82) is 0 Å². The molecule has 0 bridgehead atoms. The summed E-state index contributed by atoms with van der Waals surface area (Å²) in [5.41, 5.74) is 6.92. The summed E-state index contributed by atoms with van der Waals surface area (Å²) < 4.78 is 36.8. The maximum atomic E-state index is 11.8. The normalized spacial score (nSPS) is 13.5. The number of benzene rings is 1. The first-order chi connectivity index (χ1) is 7.83. The summed E-state index contributed by atoms with van der Waals surface area (Å²) >= 11 is 0. The van der Waals surface area contributed by atoms with Crippen LogP contribution < -0.4 is 10.5 Å². The molecule has 0 fully saturated rings. The van der Waals surface area contributed by atoms with Crippen LogP contribution in [0.2, 0.25) is 0 Å². The number of anilines is 1. The standard InChI is InChI=1S/C10H16N2O3S2/c1-8-3-4-9(7-10(8)11)17(14,15)12-5-6-16(2)13/h3-4,7,12H,5-6,11H2,1-2H3. The molecular formula is C10H16N2O3S2. The zero-order chi connectivity index (χ0) is 13.1. The molecule has 1 aromatic carbocycles. The van der Waals surface area contributed by atoms with Gasteiger partial charge in [0.2, 0.25) is 10.0 Å². The molecule has 5 nitrogen and oxygen atoms in total. The van der Waals surface area contributed by atoms with Crippen molar-refractivity contribution in [3.63, 3.8) is 0 Å². The van der Waals surface area contributed by atoms with Crippen molar-refractivity contribution < 1.29 is 12.6 Å². The number of nitrogen functional groups attached to an aromatic ring is 1. The molecule has 3 N–H and O–H groups in total.